The number of carbonyl (C=O) groups excluding carboxylic acids is 1. The van der Waals surface area contributed by atoms with Crippen molar-refractivity contribution < 1.29 is 14.8 Å². The minimum Gasteiger partial charge on any atom is -0.453 e. The van der Waals surface area contributed by atoms with Crippen LogP contribution >= 0.6 is 12.6 Å². The fourth-order valence-electron chi connectivity index (χ4n) is 1.43. The van der Waals surface area contributed by atoms with Crippen molar-refractivity contribution in [1.82, 2.24) is 0 Å². The summed E-state index contributed by atoms with van der Waals surface area (Å²) in [6.45, 7) is 3.95. The lowest BCUT2D eigenvalue weighted by Crippen LogP contribution is -2.82. The fraction of sp³-hybridized carbons (Fsp3) is 0.875. The van der Waals surface area contributed by atoms with Crippen molar-refractivity contribution >= 4 is 18.6 Å². The second kappa shape index (κ2) is 4.14. The molecule has 1 fully saturated rings. The van der Waals surface area contributed by atoms with Crippen LogP contribution in [0, 0.1) is 0 Å². The molecule has 12 heavy (non-hydrogen) atoms. The molecule has 1 heterocycles. The SMILES string of the molecule is CC1(OC(=O)CCS)CC[NH2+]C1. The molecule has 0 bridgehead atoms. The Morgan fingerprint density at radius 2 is 2.50 bits per heavy atom. The summed E-state index contributed by atoms with van der Waals surface area (Å²) in [7, 11) is 0. The van der Waals surface area contributed by atoms with Gasteiger partial charge in [0, 0.05) is 12.2 Å². The fourth-order valence-corrected chi connectivity index (χ4v) is 1.61. The van der Waals surface area contributed by atoms with E-state index in [0.717, 1.165) is 19.5 Å². The van der Waals surface area contributed by atoms with E-state index < -0.39 is 0 Å². The number of carbonyl (C=O) groups is 1. The highest BCUT2D eigenvalue weighted by Gasteiger charge is 2.35. The molecule has 0 amide bonds. The van der Waals surface area contributed by atoms with Crippen LogP contribution in [-0.4, -0.2) is 30.4 Å². The Labute approximate surface area is 78.3 Å². The van der Waals surface area contributed by atoms with Crippen LogP contribution in [0.25, 0.3) is 0 Å². The van der Waals surface area contributed by atoms with Crippen LogP contribution < -0.4 is 5.32 Å². The van der Waals surface area contributed by atoms with Gasteiger partial charge in [-0.2, -0.15) is 12.6 Å². The second-order valence-corrected chi connectivity index (χ2v) is 3.88. The Kier molecular flexibility index (Phi) is 3.40. The number of esters is 1. The van der Waals surface area contributed by atoms with Gasteiger partial charge in [0.1, 0.15) is 6.54 Å². The summed E-state index contributed by atoms with van der Waals surface area (Å²) in [5.74, 6) is 0.446. The summed E-state index contributed by atoms with van der Waals surface area (Å²) < 4.78 is 5.32. The highest BCUT2D eigenvalue weighted by Crippen LogP contribution is 2.16. The smallest absolute Gasteiger partial charge is 0.307 e. The van der Waals surface area contributed by atoms with Gasteiger partial charge in [-0.1, -0.05) is 0 Å². The van der Waals surface area contributed by atoms with Crippen molar-refractivity contribution in [2.75, 3.05) is 18.8 Å². The lowest BCUT2D eigenvalue weighted by atomic mass is 10.1. The van der Waals surface area contributed by atoms with Crippen molar-refractivity contribution in [2.24, 2.45) is 0 Å². The van der Waals surface area contributed by atoms with Crippen LogP contribution in [0.2, 0.25) is 0 Å². The van der Waals surface area contributed by atoms with Gasteiger partial charge >= 0.3 is 5.97 Å². The van der Waals surface area contributed by atoms with Crippen LogP contribution in [0.15, 0.2) is 0 Å². The number of nitrogens with two attached hydrogens (primary N) is 1. The van der Waals surface area contributed by atoms with E-state index >= 15 is 0 Å². The van der Waals surface area contributed by atoms with Crippen LogP contribution in [0.4, 0.5) is 0 Å². The second-order valence-electron chi connectivity index (χ2n) is 3.43. The molecule has 2 N–H and O–H groups in total. The minimum atomic E-state index is -0.222. The summed E-state index contributed by atoms with van der Waals surface area (Å²) in [6.07, 6.45) is 1.38. The molecule has 0 saturated carbocycles. The number of rotatable bonds is 3. The van der Waals surface area contributed by atoms with Gasteiger partial charge in [0.15, 0.2) is 5.60 Å². The summed E-state index contributed by atoms with van der Waals surface area (Å²) >= 11 is 3.98. The van der Waals surface area contributed by atoms with E-state index in [2.05, 4.69) is 17.9 Å². The van der Waals surface area contributed by atoms with E-state index in [9.17, 15) is 4.79 Å². The lowest BCUT2D eigenvalue weighted by Gasteiger charge is -2.20. The first kappa shape index (κ1) is 9.86. The molecule has 1 saturated heterocycles. The third kappa shape index (κ3) is 2.68. The Morgan fingerprint density at radius 3 is 3.00 bits per heavy atom. The summed E-state index contributed by atoms with van der Waals surface area (Å²) in [5.41, 5.74) is -0.222. The maximum atomic E-state index is 11.1. The van der Waals surface area contributed by atoms with E-state index in [1.807, 2.05) is 6.92 Å². The molecule has 70 valence electrons. The van der Waals surface area contributed by atoms with Gasteiger partial charge in [0.2, 0.25) is 0 Å². The minimum absolute atomic E-state index is 0.122. The Bertz CT molecular complexity index is 166. The van der Waals surface area contributed by atoms with Crippen molar-refractivity contribution in [1.29, 1.82) is 0 Å². The van der Waals surface area contributed by atoms with Gasteiger partial charge in [-0.25, -0.2) is 0 Å². The Morgan fingerprint density at radius 1 is 1.75 bits per heavy atom. The molecule has 0 aliphatic carbocycles. The van der Waals surface area contributed by atoms with E-state index in [1.165, 1.54) is 0 Å². The molecule has 1 aliphatic heterocycles. The molecule has 1 rings (SSSR count). The number of hydrogen-bond acceptors (Lipinski definition) is 3. The molecule has 0 radical (unpaired) electrons. The molecule has 1 atom stereocenters. The first-order valence-electron chi connectivity index (χ1n) is 4.31. The molecular formula is C8H16NO2S+. The van der Waals surface area contributed by atoms with Gasteiger partial charge in [-0.15, -0.1) is 0 Å². The number of quaternary nitrogens is 1. The molecule has 1 unspecified atom stereocenters. The lowest BCUT2D eigenvalue weighted by molar-refractivity contribution is -0.640. The quantitative estimate of drug-likeness (QED) is 0.469. The number of thiol groups is 1. The van der Waals surface area contributed by atoms with Gasteiger partial charge < -0.3 is 10.1 Å². The molecule has 3 nitrogen and oxygen atoms in total. The van der Waals surface area contributed by atoms with E-state index in [1.54, 1.807) is 0 Å². The predicted molar refractivity (Wildman–Crippen MR) is 49.2 cm³/mol. The van der Waals surface area contributed by atoms with E-state index in [0.29, 0.717) is 12.2 Å². The maximum absolute atomic E-state index is 11.1. The van der Waals surface area contributed by atoms with Crippen molar-refractivity contribution in [3.05, 3.63) is 0 Å². The van der Waals surface area contributed by atoms with E-state index in [-0.39, 0.29) is 11.6 Å². The summed E-state index contributed by atoms with van der Waals surface area (Å²) in [6, 6.07) is 0. The molecule has 0 aromatic rings. The predicted octanol–water partition coefficient (Wildman–Crippen LogP) is -0.425. The van der Waals surface area contributed by atoms with Crippen LogP contribution in [0.5, 0.6) is 0 Å². The Hall–Kier alpha value is -0.220. The van der Waals surface area contributed by atoms with Gasteiger partial charge in [0.05, 0.1) is 13.0 Å². The van der Waals surface area contributed by atoms with Crippen LogP contribution in [0.1, 0.15) is 19.8 Å². The van der Waals surface area contributed by atoms with Crippen molar-refractivity contribution in [2.45, 2.75) is 25.4 Å². The molecule has 0 aromatic heterocycles. The standard InChI is InChI=1S/C8H15NO2S/c1-8(3-4-9-6-8)11-7(10)2-5-12/h9,12H,2-6H2,1H3/p+1. The molecular weight excluding hydrogens is 174 g/mol. The third-order valence-corrected chi connectivity index (χ3v) is 2.35. The highest BCUT2D eigenvalue weighted by molar-refractivity contribution is 7.80. The number of ether oxygens (including phenoxy) is 1. The van der Waals surface area contributed by atoms with E-state index in [4.69, 9.17) is 4.74 Å². The highest BCUT2D eigenvalue weighted by atomic mass is 32.1. The number of hydrogen-bond donors (Lipinski definition) is 2. The van der Waals surface area contributed by atoms with Gasteiger partial charge in [0.25, 0.3) is 0 Å². The molecule has 0 spiro atoms. The maximum Gasteiger partial charge on any atom is 0.307 e. The third-order valence-electron chi connectivity index (χ3n) is 2.13. The van der Waals surface area contributed by atoms with Gasteiger partial charge in [-0.05, 0) is 6.92 Å². The van der Waals surface area contributed by atoms with Crippen molar-refractivity contribution in [3.63, 3.8) is 0 Å². The molecule has 4 heteroatoms. The Balaban J connectivity index is 2.33. The zero-order valence-corrected chi connectivity index (χ0v) is 8.27. The average Bonchev–Trinajstić information content (AvgIpc) is 2.36. The van der Waals surface area contributed by atoms with Crippen LogP contribution in [0.3, 0.4) is 0 Å². The van der Waals surface area contributed by atoms with Crippen LogP contribution in [-0.2, 0) is 9.53 Å². The van der Waals surface area contributed by atoms with Gasteiger partial charge in [-0.3, -0.25) is 4.79 Å². The normalized spacial score (nSPS) is 28.8. The first-order chi connectivity index (χ1) is 5.66. The zero-order valence-electron chi connectivity index (χ0n) is 7.38. The summed E-state index contributed by atoms with van der Waals surface area (Å²) in [4.78, 5) is 11.1. The topological polar surface area (TPSA) is 42.9 Å². The largest absolute Gasteiger partial charge is 0.453 e. The summed E-state index contributed by atoms with van der Waals surface area (Å²) in [5, 5.41) is 2.17. The first-order valence-corrected chi connectivity index (χ1v) is 4.94. The molecule has 0 aromatic carbocycles. The monoisotopic (exact) mass is 190 g/mol. The van der Waals surface area contributed by atoms with Crippen molar-refractivity contribution in [3.8, 4) is 0 Å². The zero-order chi connectivity index (χ0) is 9.03. The average molecular weight is 190 g/mol. The molecule has 1 aliphatic rings.